The van der Waals surface area contributed by atoms with Crippen LogP contribution in [0.25, 0.3) is 0 Å². The number of hydrogen-bond acceptors (Lipinski definition) is 3. The summed E-state index contributed by atoms with van der Waals surface area (Å²) >= 11 is 0. The van der Waals surface area contributed by atoms with Gasteiger partial charge >= 0.3 is 6.08 Å². The van der Waals surface area contributed by atoms with Crippen molar-refractivity contribution in [1.29, 1.82) is 0 Å². The van der Waals surface area contributed by atoms with Crippen LogP contribution < -0.4 is 0 Å². The lowest BCUT2D eigenvalue weighted by Crippen LogP contribution is -2.09. The van der Waals surface area contributed by atoms with Crippen LogP contribution in [0.4, 0.5) is 0 Å². The monoisotopic (exact) mass is 143 g/mol. The van der Waals surface area contributed by atoms with Gasteiger partial charge < -0.3 is 9.47 Å². The van der Waals surface area contributed by atoms with Crippen molar-refractivity contribution in [3.05, 3.63) is 12.7 Å². The summed E-state index contributed by atoms with van der Waals surface area (Å²) in [5.41, 5.74) is 0. The second-order valence-electron chi connectivity index (χ2n) is 1.52. The van der Waals surface area contributed by atoms with Gasteiger partial charge in [-0.1, -0.05) is 12.7 Å². The third kappa shape index (κ3) is 3.95. The number of hydrogen-bond donors (Lipinski definition) is 0. The number of rotatable bonds is 3. The molecule has 0 aliphatic rings. The fraction of sp³-hybridized carbons (Fsp3) is 0.571. The maximum Gasteiger partial charge on any atom is 0.383 e. The quantitative estimate of drug-likeness (QED) is 0.338. The van der Waals surface area contributed by atoms with Crippen LogP contribution in [0.3, 0.4) is 0 Å². The molecule has 0 rings (SSSR count). The molecule has 0 unspecified atom stereocenters. The summed E-state index contributed by atoms with van der Waals surface area (Å²) < 4.78 is 9.96. The predicted octanol–water partition coefficient (Wildman–Crippen LogP) is 1.21. The molecule has 3 heteroatoms. The van der Waals surface area contributed by atoms with Crippen LogP contribution in [0, 0.1) is 0 Å². The molecule has 0 saturated carbocycles. The first kappa shape index (κ1) is 9.01. The second kappa shape index (κ2) is 6.13. The van der Waals surface area contributed by atoms with Crippen LogP contribution in [0.1, 0.15) is 6.92 Å². The maximum absolute atomic E-state index is 4.99. The van der Waals surface area contributed by atoms with Crippen LogP contribution in [-0.4, -0.2) is 26.3 Å². The van der Waals surface area contributed by atoms with Crippen LogP contribution in [0.5, 0.6) is 0 Å². The van der Waals surface area contributed by atoms with Gasteiger partial charge in [-0.05, 0) is 6.92 Å². The van der Waals surface area contributed by atoms with Gasteiger partial charge in [0.1, 0.15) is 6.61 Å². The van der Waals surface area contributed by atoms with E-state index in [2.05, 4.69) is 11.6 Å². The van der Waals surface area contributed by atoms with Crippen molar-refractivity contribution in [1.82, 2.24) is 0 Å². The summed E-state index contributed by atoms with van der Waals surface area (Å²) in [6, 6.07) is 0. The molecule has 3 nitrogen and oxygen atoms in total. The largest absolute Gasteiger partial charge is 0.451 e. The highest BCUT2D eigenvalue weighted by molar-refractivity contribution is 5.66. The Hall–Kier alpha value is -0.990. The number of ether oxygens (including phenoxy) is 2. The molecule has 0 aromatic heterocycles. The highest BCUT2D eigenvalue weighted by Gasteiger charge is 1.94. The Balaban J connectivity index is 3.51. The molecule has 0 amide bonds. The Labute approximate surface area is 61.4 Å². The molecule has 0 heterocycles. The topological polar surface area (TPSA) is 30.8 Å². The van der Waals surface area contributed by atoms with E-state index in [1.165, 1.54) is 0 Å². The van der Waals surface area contributed by atoms with E-state index in [4.69, 9.17) is 9.47 Å². The Morgan fingerprint density at radius 3 is 2.70 bits per heavy atom. The van der Waals surface area contributed by atoms with Crippen LogP contribution >= 0.6 is 0 Å². The summed E-state index contributed by atoms with van der Waals surface area (Å²) in [5, 5.41) is 0. The number of aliphatic imine (C=N–C) groups is 1. The van der Waals surface area contributed by atoms with Gasteiger partial charge in [-0.25, -0.2) is 4.99 Å². The molecule has 0 bridgehead atoms. The lowest BCUT2D eigenvalue weighted by molar-refractivity contribution is 0.189. The average molecular weight is 143 g/mol. The van der Waals surface area contributed by atoms with Crippen molar-refractivity contribution in [2.45, 2.75) is 6.92 Å². The molecule has 0 atom stereocenters. The Morgan fingerprint density at radius 1 is 1.60 bits per heavy atom. The first-order chi connectivity index (χ1) is 4.85. The summed E-state index contributed by atoms with van der Waals surface area (Å²) in [6.07, 6.45) is 1.96. The lowest BCUT2D eigenvalue weighted by Gasteiger charge is -2.04. The molecule has 10 heavy (non-hydrogen) atoms. The molecule has 0 N–H and O–H groups in total. The molecular weight excluding hydrogens is 130 g/mol. The highest BCUT2D eigenvalue weighted by Crippen LogP contribution is 1.84. The summed E-state index contributed by atoms with van der Waals surface area (Å²) in [7, 11) is 1.62. The van der Waals surface area contributed by atoms with Crippen molar-refractivity contribution < 1.29 is 9.47 Å². The van der Waals surface area contributed by atoms with E-state index in [1.807, 2.05) is 6.92 Å². The fourth-order valence-electron chi connectivity index (χ4n) is 0.424. The molecule has 0 aliphatic heterocycles. The maximum atomic E-state index is 4.99. The number of nitrogens with zero attached hydrogens (tertiary/aromatic N) is 1. The molecule has 0 aliphatic carbocycles. The molecule has 0 fully saturated rings. The Bertz CT molecular complexity index is 121. The SMILES string of the molecule is C=CCOC(=NC)OCC. The molecule has 0 saturated heterocycles. The van der Waals surface area contributed by atoms with E-state index in [0.29, 0.717) is 19.3 Å². The van der Waals surface area contributed by atoms with E-state index in [9.17, 15) is 0 Å². The third-order valence-electron chi connectivity index (χ3n) is 0.775. The van der Waals surface area contributed by atoms with Crippen molar-refractivity contribution in [3.8, 4) is 0 Å². The first-order valence-corrected chi connectivity index (χ1v) is 3.18. The first-order valence-electron chi connectivity index (χ1n) is 3.18. The highest BCUT2D eigenvalue weighted by atomic mass is 16.7. The van der Waals surface area contributed by atoms with Gasteiger partial charge in [0.25, 0.3) is 0 Å². The van der Waals surface area contributed by atoms with Crippen LogP contribution in [0.15, 0.2) is 17.6 Å². The van der Waals surface area contributed by atoms with Gasteiger partial charge in [0, 0.05) is 7.05 Å². The van der Waals surface area contributed by atoms with Gasteiger partial charge in [0.05, 0.1) is 6.61 Å². The van der Waals surface area contributed by atoms with Crippen molar-refractivity contribution in [2.24, 2.45) is 4.99 Å². The smallest absolute Gasteiger partial charge is 0.383 e. The predicted molar refractivity (Wildman–Crippen MR) is 41.1 cm³/mol. The third-order valence-corrected chi connectivity index (χ3v) is 0.775. The summed E-state index contributed by atoms with van der Waals surface area (Å²) in [5.74, 6) is 0. The minimum atomic E-state index is 0.322. The lowest BCUT2D eigenvalue weighted by atomic mass is 10.7. The fourth-order valence-corrected chi connectivity index (χ4v) is 0.424. The Morgan fingerprint density at radius 2 is 2.30 bits per heavy atom. The standard InChI is InChI=1S/C7H13NO2/c1-4-6-10-7(8-3)9-5-2/h4H,1,5-6H2,2-3H3. The molecular formula is C7H13NO2. The van der Waals surface area contributed by atoms with E-state index in [1.54, 1.807) is 13.1 Å². The molecule has 0 aromatic carbocycles. The zero-order valence-corrected chi connectivity index (χ0v) is 6.46. The van der Waals surface area contributed by atoms with Gasteiger partial charge in [0.15, 0.2) is 0 Å². The van der Waals surface area contributed by atoms with E-state index in [-0.39, 0.29) is 0 Å². The van der Waals surface area contributed by atoms with Gasteiger partial charge in [-0.2, -0.15) is 0 Å². The summed E-state index contributed by atoms with van der Waals surface area (Å²) in [4.78, 5) is 3.74. The van der Waals surface area contributed by atoms with Gasteiger partial charge in [-0.3, -0.25) is 0 Å². The molecule has 0 spiro atoms. The minimum Gasteiger partial charge on any atom is -0.451 e. The summed E-state index contributed by atoms with van der Waals surface area (Å²) in [6.45, 7) is 6.38. The normalized spacial score (nSPS) is 10.8. The van der Waals surface area contributed by atoms with Crippen molar-refractivity contribution >= 4 is 6.08 Å². The zero-order chi connectivity index (χ0) is 7.82. The van der Waals surface area contributed by atoms with Gasteiger partial charge in [0.2, 0.25) is 0 Å². The van der Waals surface area contributed by atoms with Crippen LogP contribution in [-0.2, 0) is 9.47 Å². The van der Waals surface area contributed by atoms with Crippen molar-refractivity contribution in [3.63, 3.8) is 0 Å². The van der Waals surface area contributed by atoms with E-state index < -0.39 is 0 Å². The van der Waals surface area contributed by atoms with Crippen molar-refractivity contribution in [2.75, 3.05) is 20.3 Å². The van der Waals surface area contributed by atoms with Crippen LogP contribution in [0.2, 0.25) is 0 Å². The van der Waals surface area contributed by atoms with Gasteiger partial charge in [-0.15, -0.1) is 0 Å². The molecule has 0 aromatic rings. The average Bonchev–Trinajstić information content (AvgIpc) is 1.98. The van der Waals surface area contributed by atoms with E-state index in [0.717, 1.165) is 0 Å². The second-order valence-corrected chi connectivity index (χ2v) is 1.52. The Kier molecular flexibility index (Phi) is 5.53. The molecule has 0 radical (unpaired) electrons. The minimum absolute atomic E-state index is 0.322. The van der Waals surface area contributed by atoms with E-state index >= 15 is 0 Å². The molecule has 58 valence electrons. The zero-order valence-electron chi connectivity index (χ0n) is 6.46.